The van der Waals surface area contributed by atoms with E-state index in [-0.39, 0.29) is 5.91 Å². The third-order valence-electron chi connectivity index (χ3n) is 4.22. The van der Waals surface area contributed by atoms with E-state index in [0.29, 0.717) is 23.2 Å². The first-order valence-electron chi connectivity index (χ1n) is 6.78. The van der Waals surface area contributed by atoms with Crippen molar-refractivity contribution in [3.8, 4) is 0 Å². The molecule has 1 saturated carbocycles. The molecule has 1 aliphatic rings. The molecule has 3 atom stereocenters. The van der Waals surface area contributed by atoms with Gasteiger partial charge in [-0.25, -0.2) is 0 Å². The molecule has 0 radical (unpaired) electrons. The van der Waals surface area contributed by atoms with Gasteiger partial charge >= 0.3 is 0 Å². The van der Waals surface area contributed by atoms with E-state index in [1.165, 1.54) is 12.8 Å². The molecule has 18 heavy (non-hydrogen) atoms. The molecular formula is C15H22N2O. The van der Waals surface area contributed by atoms with Gasteiger partial charge in [-0.15, -0.1) is 0 Å². The first kappa shape index (κ1) is 12.9. The van der Waals surface area contributed by atoms with Gasteiger partial charge in [-0.05, 0) is 42.9 Å². The second kappa shape index (κ2) is 5.42. The molecule has 0 aromatic heterocycles. The molecule has 1 aromatic rings. The van der Waals surface area contributed by atoms with Crippen LogP contribution in [0.3, 0.4) is 0 Å². The molecule has 1 amide bonds. The summed E-state index contributed by atoms with van der Waals surface area (Å²) < 4.78 is 0. The van der Waals surface area contributed by atoms with Crippen LogP contribution in [0.5, 0.6) is 0 Å². The van der Waals surface area contributed by atoms with Crippen molar-refractivity contribution >= 4 is 11.6 Å². The van der Waals surface area contributed by atoms with Gasteiger partial charge in [0.2, 0.25) is 0 Å². The highest BCUT2D eigenvalue weighted by Crippen LogP contribution is 2.33. The summed E-state index contributed by atoms with van der Waals surface area (Å²) in [4.78, 5) is 12.1. The maximum Gasteiger partial charge on any atom is 0.251 e. The van der Waals surface area contributed by atoms with E-state index in [0.717, 1.165) is 12.3 Å². The van der Waals surface area contributed by atoms with Crippen molar-refractivity contribution in [2.75, 3.05) is 5.73 Å². The summed E-state index contributed by atoms with van der Waals surface area (Å²) >= 11 is 0. The highest BCUT2D eigenvalue weighted by Gasteiger charge is 2.32. The second-order valence-corrected chi connectivity index (χ2v) is 5.31. The molecular weight excluding hydrogens is 224 g/mol. The summed E-state index contributed by atoms with van der Waals surface area (Å²) in [5.74, 6) is 1.31. The van der Waals surface area contributed by atoms with E-state index in [4.69, 9.17) is 5.73 Å². The molecule has 1 aromatic carbocycles. The van der Waals surface area contributed by atoms with Crippen LogP contribution in [0.25, 0.3) is 0 Å². The number of carbonyl (C=O) groups excluding carboxylic acids is 1. The van der Waals surface area contributed by atoms with Gasteiger partial charge in [0.05, 0.1) is 0 Å². The minimum Gasteiger partial charge on any atom is -0.399 e. The number of amides is 1. The largest absolute Gasteiger partial charge is 0.399 e. The van der Waals surface area contributed by atoms with Crippen molar-refractivity contribution in [2.45, 2.75) is 39.2 Å². The highest BCUT2D eigenvalue weighted by atomic mass is 16.1. The predicted octanol–water partition coefficient (Wildman–Crippen LogP) is 2.82. The van der Waals surface area contributed by atoms with Gasteiger partial charge in [-0.3, -0.25) is 4.79 Å². The first-order valence-corrected chi connectivity index (χ1v) is 6.78. The van der Waals surface area contributed by atoms with Crippen LogP contribution in [0.4, 0.5) is 5.69 Å². The van der Waals surface area contributed by atoms with Crippen molar-refractivity contribution in [3.05, 3.63) is 29.8 Å². The lowest BCUT2D eigenvalue weighted by atomic mass is 9.93. The van der Waals surface area contributed by atoms with Crippen LogP contribution >= 0.6 is 0 Å². The monoisotopic (exact) mass is 246 g/mol. The number of hydrogen-bond acceptors (Lipinski definition) is 2. The van der Waals surface area contributed by atoms with Crippen molar-refractivity contribution in [1.29, 1.82) is 0 Å². The fraction of sp³-hybridized carbons (Fsp3) is 0.533. The summed E-state index contributed by atoms with van der Waals surface area (Å²) in [6, 6.07) is 7.46. The number of carbonyl (C=O) groups is 1. The molecule has 98 valence electrons. The van der Waals surface area contributed by atoms with E-state index in [2.05, 4.69) is 19.2 Å². The lowest BCUT2D eigenvalue weighted by molar-refractivity contribution is 0.0926. The van der Waals surface area contributed by atoms with Crippen LogP contribution < -0.4 is 11.1 Å². The Morgan fingerprint density at radius 3 is 2.83 bits per heavy atom. The van der Waals surface area contributed by atoms with Crippen LogP contribution in [-0.2, 0) is 0 Å². The highest BCUT2D eigenvalue weighted by molar-refractivity contribution is 5.95. The molecule has 0 heterocycles. The van der Waals surface area contributed by atoms with Crippen molar-refractivity contribution in [2.24, 2.45) is 11.8 Å². The fourth-order valence-electron chi connectivity index (χ4n) is 2.96. The van der Waals surface area contributed by atoms with E-state index < -0.39 is 0 Å². The molecule has 0 spiro atoms. The quantitative estimate of drug-likeness (QED) is 0.806. The standard InChI is InChI=1S/C15H22N2O/c1-3-11-7-8-14(10(11)2)17-15(18)12-5-4-6-13(16)9-12/h4-6,9-11,14H,3,7-8,16H2,1-2H3,(H,17,18). The zero-order chi connectivity index (χ0) is 13.1. The van der Waals surface area contributed by atoms with Gasteiger partial charge in [0.1, 0.15) is 0 Å². The maximum absolute atomic E-state index is 12.1. The summed E-state index contributed by atoms with van der Waals surface area (Å²) in [6.45, 7) is 4.47. The third-order valence-corrected chi connectivity index (χ3v) is 4.22. The summed E-state index contributed by atoms with van der Waals surface area (Å²) in [5.41, 5.74) is 6.98. The molecule has 3 N–H and O–H groups in total. The second-order valence-electron chi connectivity index (χ2n) is 5.31. The number of nitrogens with two attached hydrogens (primary N) is 1. The van der Waals surface area contributed by atoms with Crippen LogP contribution in [0, 0.1) is 11.8 Å². The van der Waals surface area contributed by atoms with E-state index in [1.54, 1.807) is 12.1 Å². The smallest absolute Gasteiger partial charge is 0.251 e. The van der Waals surface area contributed by atoms with Gasteiger partial charge in [0.15, 0.2) is 0 Å². The number of rotatable bonds is 3. The number of nitrogen functional groups attached to an aromatic ring is 1. The molecule has 1 fully saturated rings. The predicted molar refractivity (Wildman–Crippen MR) is 74.3 cm³/mol. The van der Waals surface area contributed by atoms with Gasteiger partial charge in [-0.2, -0.15) is 0 Å². The van der Waals surface area contributed by atoms with Crippen molar-refractivity contribution in [3.63, 3.8) is 0 Å². The Labute approximate surface area is 109 Å². The zero-order valence-corrected chi connectivity index (χ0v) is 11.1. The van der Waals surface area contributed by atoms with E-state index >= 15 is 0 Å². The number of benzene rings is 1. The maximum atomic E-state index is 12.1. The third kappa shape index (κ3) is 2.66. The lowest BCUT2D eigenvalue weighted by Gasteiger charge is -2.21. The molecule has 0 bridgehead atoms. The molecule has 0 saturated heterocycles. The molecule has 0 aliphatic heterocycles. The van der Waals surface area contributed by atoms with Crippen LogP contribution in [0.2, 0.25) is 0 Å². The van der Waals surface area contributed by atoms with Gasteiger partial charge < -0.3 is 11.1 Å². The summed E-state index contributed by atoms with van der Waals surface area (Å²) in [5, 5.41) is 3.14. The Hall–Kier alpha value is -1.51. The van der Waals surface area contributed by atoms with Gasteiger partial charge in [0.25, 0.3) is 5.91 Å². The van der Waals surface area contributed by atoms with Crippen LogP contribution in [0.15, 0.2) is 24.3 Å². The first-order chi connectivity index (χ1) is 8.61. The van der Waals surface area contributed by atoms with Crippen molar-refractivity contribution < 1.29 is 4.79 Å². The fourth-order valence-corrected chi connectivity index (χ4v) is 2.96. The van der Waals surface area contributed by atoms with E-state index in [1.807, 2.05) is 12.1 Å². The average Bonchev–Trinajstić information content (AvgIpc) is 2.70. The van der Waals surface area contributed by atoms with Crippen LogP contribution in [0.1, 0.15) is 43.5 Å². The number of nitrogens with one attached hydrogen (secondary N) is 1. The minimum atomic E-state index is -0.00379. The Bertz CT molecular complexity index is 430. The molecule has 3 unspecified atom stereocenters. The van der Waals surface area contributed by atoms with Gasteiger partial charge in [-0.1, -0.05) is 26.3 Å². The Morgan fingerprint density at radius 1 is 1.44 bits per heavy atom. The van der Waals surface area contributed by atoms with Crippen LogP contribution in [-0.4, -0.2) is 11.9 Å². The molecule has 3 heteroatoms. The van der Waals surface area contributed by atoms with Crippen molar-refractivity contribution in [1.82, 2.24) is 5.32 Å². The Balaban J connectivity index is 2.00. The SMILES string of the molecule is CCC1CCC(NC(=O)c2cccc(N)c2)C1C. The molecule has 2 rings (SSSR count). The minimum absolute atomic E-state index is 0.00379. The van der Waals surface area contributed by atoms with E-state index in [9.17, 15) is 4.79 Å². The topological polar surface area (TPSA) is 55.1 Å². The number of anilines is 1. The summed E-state index contributed by atoms with van der Waals surface area (Å²) in [7, 11) is 0. The lowest BCUT2D eigenvalue weighted by Crippen LogP contribution is -2.37. The van der Waals surface area contributed by atoms with Gasteiger partial charge in [0, 0.05) is 17.3 Å². The Morgan fingerprint density at radius 2 is 2.22 bits per heavy atom. The Kier molecular flexibility index (Phi) is 3.90. The molecule has 1 aliphatic carbocycles. The normalized spacial score (nSPS) is 27.1. The zero-order valence-electron chi connectivity index (χ0n) is 11.1. The number of hydrogen-bond donors (Lipinski definition) is 2. The average molecular weight is 246 g/mol. The molecule has 3 nitrogen and oxygen atoms in total. The summed E-state index contributed by atoms with van der Waals surface area (Å²) in [6.07, 6.45) is 3.51.